The number of rotatable bonds is 10. The molecule has 0 saturated heterocycles. The third-order valence-corrected chi connectivity index (χ3v) is 3.00. The molecule has 1 aromatic rings. The van der Waals surface area contributed by atoms with E-state index in [-0.39, 0.29) is 0 Å². The largest absolute Gasteiger partial charge is 0.493 e. The third-order valence-electron chi connectivity index (χ3n) is 3.00. The molecule has 0 unspecified atom stereocenters. The lowest BCUT2D eigenvalue weighted by molar-refractivity contribution is 0.112. The van der Waals surface area contributed by atoms with E-state index in [0.717, 1.165) is 32.0 Å². The number of benzene rings is 1. The number of unbranched alkanes of at least 4 members (excludes halogenated alkanes) is 3. The van der Waals surface area contributed by atoms with Crippen LogP contribution in [-0.4, -0.2) is 20.0 Å². The molecule has 1 aromatic carbocycles. The fraction of sp³-hybridized carbons (Fsp3) is 0.471. The van der Waals surface area contributed by atoms with E-state index in [2.05, 4.69) is 19.1 Å². The number of methoxy groups -OCH3 is 1. The standard InChI is InChI=1S/C17H24O3/c1-3-4-5-6-7-8-9-12-20-16-11-10-15(14-18)13-17(16)19-2/h4-5,10-11,13-14H,3,6-9,12H2,1-2H3. The summed E-state index contributed by atoms with van der Waals surface area (Å²) in [4.78, 5) is 10.7. The van der Waals surface area contributed by atoms with Gasteiger partial charge in [-0.15, -0.1) is 0 Å². The summed E-state index contributed by atoms with van der Waals surface area (Å²) in [7, 11) is 1.58. The summed E-state index contributed by atoms with van der Waals surface area (Å²) in [5.41, 5.74) is 0.594. The van der Waals surface area contributed by atoms with Crippen LogP contribution < -0.4 is 9.47 Å². The van der Waals surface area contributed by atoms with Crippen molar-refractivity contribution >= 4 is 6.29 Å². The maximum Gasteiger partial charge on any atom is 0.161 e. The van der Waals surface area contributed by atoms with Gasteiger partial charge in [0.25, 0.3) is 0 Å². The van der Waals surface area contributed by atoms with Gasteiger partial charge in [-0.1, -0.05) is 19.1 Å². The second kappa shape index (κ2) is 10.1. The predicted molar refractivity (Wildman–Crippen MR) is 81.8 cm³/mol. The van der Waals surface area contributed by atoms with Crippen LogP contribution in [0.1, 0.15) is 49.4 Å². The first kappa shape index (κ1) is 16.3. The highest BCUT2D eigenvalue weighted by Crippen LogP contribution is 2.27. The minimum atomic E-state index is 0.594. The monoisotopic (exact) mass is 276 g/mol. The molecule has 3 heteroatoms. The smallest absolute Gasteiger partial charge is 0.161 e. The number of allylic oxidation sites excluding steroid dienone is 2. The number of ether oxygens (including phenoxy) is 2. The summed E-state index contributed by atoms with van der Waals surface area (Å²) in [5.74, 6) is 1.31. The van der Waals surface area contributed by atoms with Crippen LogP contribution in [0.2, 0.25) is 0 Å². The first-order valence-electron chi connectivity index (χ1n) is 7.22. The zero-order valence-electron chi connectivity index (χ0n) is 12.4. The molecule has 110 valence electrons. The van der Waals surface area contributed by atoms with Gasteiger partial charge >= 0.3 is 0 Å². The fourth-order valence-corrected chi connectivity index (χ4v) is 1.88. The molecule has 0 spiro atoms. The minimum Gasteiger partial charge on any atom is -0.493 e. The Morgan fingerprint density at radius 1 is 1.10 bits per heavy atom. The van der Waals surface area contributed by atoms with Gasteiger partial charge in [0.2, 0.25) is 0 Å². The Morgan fingerprint density at radius 2 is 1.95 bits per heavy atom. The van der Waals surface area contributed by atoms with Crippen LogP contribution in [0.5, 0.6) is 11.5 Å². The first-order valence-corrected chi connectivity index (χ1v) is 7.22. The fourth-order valence-electron chi connectivity index (χ4n) is 1.88. The lowest BCUT2D eigenvalue weighted by Crippen LogP contribution is -1.99. The van der Waals surface area contributed by atoms with Crippen molar-refractivity contribution < 1.29 is 14.3 Å². The van der Waals surface area contributed by atoms with Crippen molar-refractivity contribution in [1.29, 1.82) is 0 Å². The Kier molecular flexibility index (Phi) is 8.20. The van der Waals surface area contributed by atoms with Crippen LogP contribution in [0, 0.1) is 0 Å². The van der Waals surface area contributed by atoms with Gasteiger partial charge in [-0.25, -0.2) is 0 Å². The van der Waals surface area contributed by atoms with Gasteiger partial charge in [-0.05, 0) is 50.3 Å². The maximum absolute atomic E-state index is 10.7. The Labute approximate surface area is 121 Å². The van der Waals surface area contributed by atoms with E-state index in [0.29, 0.717) is 23.7 Å². The van der Waals surface area contributed by atoms with E-state index < -0.39 is 0 Å². The molecule has 0 aromatic heterocycles. The van der Waals surface area contributed by atoms with Gasteiger partial charge in [0.05, 0.1) is 13.7 Å². The van der Waals surface area contributed by atoms with Crippen molar-refractivity contribution in [3.05, 3.63) is 35.9 Å². The summed E-state index contributed by atoms with van der Waals surface area (Å²) >= 11 is 0. The molecule has 0 radical (unpaired) electrons. The molecule has 0 saturated carbocycles. The van der Waals surface area contributed by atoms with E-state index in [1.165, 1.54) is 6.42 Å². The van der Waals surface area contributed by atoms with E-state index in [1.54, 1.807) is 25.3 Å². The van der Waals surface area contributed by atoms with Crippen LogP contribution in [-0.2, 0) is 0 Å². The van der Waals surface area contributed by atoms with Gasteiger partial charge in [0.1, 0.15) is 6.29 Å². The Hall–Kier alpha value is -1.77. The van der Waals surface area contributed by atoms with E-state index in [1.807, 2.05) is 0 Å². The van der Waals surface area contributed by atoms with Crippen LogP contribution in [0.4, 0.5) is 0 Å². The maximum atomic E-state index is 10.7. The molecule has 0 aliphatic heterocycles. The molecule has 0 N–H and O–H groups in total. The highest BCUT2D eigenvalue weighted by atomic mass is 16.5. The van der Waals surface area contributed by atoms with Crippen LogP contribution in [0.3, 0.4) is 0 Å². The zero-order chi connectivity index (χ0) is 14.6. The normalized spacial score (nSPS) is 10.7. The first-order chi connectivity index (χ1) is 9.81. The van der Waals surface area contributed by atoms with Crippen LogP contribution in [0.15, 0.2) is 30.4 Å². The second-order valence-electron chi connectivity index (χ2n) is 4.61. The van der Waals surface area contributed by atoms with Crippen molar-refractivity contribution in [3.8, 4) is 11.5 Å². The third kappa shape index (κ3) is 5.91. The quantitative estimate of drug-likeness (QED) is 0.360. The molecule has 0 bridgehead atoms. The predicted octanol–water partition coefficient (Wildman–Crippen LogP) is 4.41. The number of hydrogen-bond acceptors (Lipinski definition) is 3. The van der Waals surface area contributed by atoms with Gasteiger partial charge < -0.3 is 9.47 Å². The Balaban J connectivity index is 2.28. The molecular weight excluding hydrogens is 252 g/mol. The summed E-state index contributed by atoms with van der Waals surface area (Å²) in [6.07, 6.45) is 10.9. The molecule has 0 atom stereocenters. The number of hydrogen-bond donors (Lipinski definition) is 0. The SMILES string of the molecule is CCC=CCCCCCOc1ccc(C=O)cc1OC. The van der Waals surface area contributed by atoms with Crippen molar-refractivity contribution in [2.75, 3.05) is 13.7 Å². The van der Waals surface area contributed by atoms with Gasteiger partial charge in [0, 0.05) is 5.56 Å². The molecule has 0 aliphatic rings. The number of aldehydes is 1. The van der Waals surface area contributed by atoms with Crippen molar-refractivity contribution in [3.63, 3.8) is 0 Å². The van der Waals surface area contributed by atoms with Crippen molar-refractivity contribution in [2.24, 2.45) is 0 Å². The lowest BCUT2D eigenvalue weighted by atomic mass is 10.2. The molecule has 0 heterocycles. The highest BCUT2D eigenvalue weighted by molar-refractivity contribution is 5.76. The van der Waals surface area contributed by atoms with Gasteiger partial charge in [-0.2, -0.15) is 0 Å². The van der Waals surface area contributed by atoms with Crippen LogP contribution >= 0.6 is 0 Å². The summed E-state index contributed by atoms with van der Waals surface area (Å²) in [5, 5.41) is 0. The minimum absolute atomic E-state index is 0.594. The van der Waals surface area contributed by atoms with Gasteiger partial charge in [-0.3, -0.25) is 4.79 Å². The molecule has 20 heavy (non-hydrogen) atoms. The van der Waals surface area contributed by atoms with E-state index in [4.69, 9.17) is 9.47 Å². The molecule has 3 nitrogen and oxygen atoms in total. The molecule has 1 rings (SSSR count). The van der Waals surface area contributed by atoms with E-state index >= 15 is 0 Å². The highest BCUT2D eigenvalue weighted by Gasteiger charge is 2.05. The number of carbonyl (C=O) groups is 1. The summed E-state index contributed by atoms with van der Waals surface area (Å²) in [6.45, 7) is 2.82. The molecule has 0 fully saturated rings. The summed E-state index contributed by atoms with van der Waals surface area (Å²) < 4.78 is 10.9. The molecule has 0 aliphatic carbocycles. The zero-order valence-corrected chi connectivity index (χ0v) is 12.4. The topological polar surface area (TPSA) is 35.5 Å². The van der Waals surface area contributed by atoms with Crippen molar-refractivity contribution in [2.45, 2.75) is 39.0 Å². The Morgan fingerprint density at radius 3 is 2.65 bits per heavy atom. The average molecular weight is 276 g/mol. The average Bonchev–Trinajstić information content (AvgIpc) is 2.50. The van der Waals surface area contributed by atoms with Gasteiger partial charge in [0.15, 0.2) is 11.5 Å². The molecular formula is C17H24O3. The van der Waals surface area contributed by atoms with E-state index in [9.17, 15) is 4.79 Å². The molecule has 0 amide bonds. The summed E-state index contributed by atoms with van der Waals surface area (Å²) in [6, 6.07) is 5.21. The lowest BCUT2D eigenvalue weighted by Gasteiger charge is -2.10. The Bertz CT molecular complexity index is 424. The van der Waals surface area contributed by atoms with Crippen LogP contribution in [0.25, 0.3) is 0 Å². The number of carbonyl (C=O) groups excluding carboxylic acids is 1. The second-order valence-corrected chi connectivity index (χ2v) is 4.61. The van der Waals surface area contributed by atoms with Crippen molar-refractivity contribution in [1.82, 2.24) is 0 Å².